The van der Waals surface area contributed by atoms with Crippen LogP contribution in [0.3, 0.4) is 0 Å². The fourth-order valence-corrected chi connectivity index (χ4v) is 3.34. The molecule has 0 saturated heterocycles. The van der Waals surface area contributed by atoms with Gasteiger partial charge in [0.1, 0.15) is 11.1 Å². The van der Waals surface area contributed by atoms with E-state index in [9.17, 15) is 9.59 Å². The number of hydrogen-bond donors (Lipinski definition) is 0. The summed E-state index contributed by atoms with van der Waals surface area (Å²) in [7, 11) is 0. The predicted molar refractivity (Wildman–Crippen MR) is 93.9 cm³/mol. The van der Waals surface area contributed by atoms with Crippen molar-refractivity contribution >= 4 is 33.9 Å². The number of rotatable bonds is 1. The molecule has 3 heterocycles. The van der Waals surface area contributed by atoms with Gasteiger partial charge in [0.15, 0.2) is 0 Å². The molecular weight excluding hydrogens is 318 g/mol. The highest BCUT2D eigenvalue weighted by molar-refractivity contribution is 6.07. The number of benzene rings is 2. The van der Waals surface area contributed by atoms with Crippen molar-refractivity contribution in [3.05, 3.63) is 70.6 Å². The van der Waals surface area contributed by atoms with Crippen LogP contribution in [0.2, 0.25) is 0 Å². The van der Waals surface area contributed by atoms with Gasteiger partial charge in [-0.15, -0.1) is 0 Å². The molecule has 0 bridgehead atoms. The highest BCUT2D eigenvalue weighted by atomic mass is 16.4. The largest absolute Gasteiger partial charge is 0.422 e. The summed E-state index contributed by atoms with van der Waals surface area (Å²) in [5, 5.41) is 0.721. The topological polar surface area (TPSA) is 68.3 Å². The Morgan fingerprint density at radius 1 is 1.04 bits per heavy atom. The highest BCUT2D eigenvalue weighted by Gasteiger charge is 2.30. The van der Waals surface area contributed by atoms with E-state index in [1.807, 2.05) is 41.0 Å². The van der Waals surface area contributed by atoms with E-state index in [4.69, 9.17) is 4.42 Å². The summed E-state index contributed by atoms with van der Waals surface area (Å²) >= 11 is 0. The second kappa shape index (κ2) is 5.04. The van der Waals surface area contributed by atoms with E-state index in [1.165, 1.54) is 0 Å². The third-order valence-electron chi connectivity index (χ3n) is 4.54. The molecule has 1 aliphatic heterocycles. The number of carbonyl (C=O) groups excluding carboxylic acids is 1. The van der Waals surface area contributed by atoms with Gasteiger partial charge in [-0.05, 0) is 24.3 Å². The summed E-state index contributed by atoms with van der Waals surface area (Å²) in [6, 6.07) is 16.5. The SMILES string of the molecule is O=C(c1cc2ccccc2oc1=O)N1CCn2c1nc1ccccc12. The van der Waals surface area contributed by atoms with Crippen LogP contribution in [0, 0.1) is 0 Å². The van der Waals surface area contributed by atoms with Crippen LogP contribution in [0.25, 0.3) is 22.0 Å². The van der Waals surface area contributed by atoms with Crippen LogP contribution in [0.15, 0.2) is 63.8 Å². The number of para-hydroxylation sites is 3. The molecule has 0 unspecified atom stereocenters. The zero-order valence-corrected chi connectivity index (χ0v) is 13.2. The Hall–Kier alpha value is -3.41. The quantitative estimate of drug-likeness (QED) is 0.503. The van der Waals surface area contributed by atoms with Gasteiger partial charge >= 0.3 is 5.63 Å². The summed E-state index contributed by atoms with van der Waals surface area (Å²) in [5.74, 6) is 0.187. The number of amides is 1. The number of fused-ring (bicyclic) bond motifs is 4. The fraction of sp³-hybridized carbons (Fsp3) is 0.105. The van der Waals surface area contributed by atoms with Crippen LogP contribution in [0.5, 0.6) is 0 Å². The van der Waals surface area contributed by atoms with Crippen molar-refractivity contribution in [2.24, 2.45) is 0 Å². The Morgan fingerprint density at radius 2 is 1.84 bits per heavy atom. The first-order valence-corrected chi connectivity index (χ1v) is 8.02. The molecule has 6 heteroatoms. The minimum absolute atomic E-state index is 0.0270. The van der Waals surface area contributed by atoms with E-state index in [0.717, 1.165) is 16.4 Å². The summed E-state index contributed by atoms with van der Waals surface area (Å²) in [6.45, 7) is 1.14. The van der Waals surface area contributed by atoms with Crippen LogP contribution in [0.1, 0.15) is 10.4 Å². The summed E-state index contributed by atoms with van der Waals surface area (Å²) in [5.41, 5.74) is 1.69. The number of carbonyl (C=O) groups is 1. The highest BCUT2D eigenvalue weighted by Crippen LogP contribution is 2.28. The van der Waals surface area contributed by atoms with Gasteiger partial charge in [0.25, 0.3) is 5.91 Å². The molecule has 0 fully saturated rings. The third-order valence-corrected chi connectivity index (χ3v) is 4.54. The molecule has 25 heavy (non-hydrogen) atoms. The minimum Gasteiger partial charge on any atom is -0.422 e. The zero-order valence-electron chi connectivity index (χ0n) is 13.2. The molecule has 0 N–H and O–H groups in total. The number of hydrogen-bond acceptors (Lipinski definition) is 4. The second-order valence-electron chi connectivity index (χ2n) is 5.99. The smallest absolute Gasteiger partial charge is 0.349 e. The van der Waals surface area contributed by atoms with Crippen molar-refractivity contribution in [3.63, 3.8) is 0 Å². The van der Waals surface area contributed by atoms with Gasteiger partial charge in [-0.1, -0.05) is 30.3 Å². The van der Waals surface area contributed by atoms with Crippen LogP contribution in [-0.4, -0.2) is 22.0 Å². The minimum atomic E-state index is -0.627. The third kappa shape index (κ3) is 2.00. The molecule has 2 aromatic heterocycles. The Kier molecular flexibility index (Phi) is 2.82. The van der Waals surface area contributed by atoms with Crippen molar-refractivity contribution in [1.29, 1.82) is 0 Å². The second-order valence-corrected chi connectivity index (χ2v) is 5.99. The molecule has 0 saturated carbocycles. The van der Waals surface area contributed by atoms with E-state index < -0.39 is 5.63 Å². The van der Waals surface area contributed by atoms with Gasteiger partial charge in [0.05, 0.1) is 11.0 Å². The van der Waals surface area contributed by atoms with Crippen molar-refractivity contribution in [1.82, 2.24) is 9.55 Å². The molecule has 2 aromatic carbocycles. The van der Waals surface area contributed by atoms with E-state index in [-0.39, 0.29) is 11.5 Å². The molecular formula is C19H13N3O3. The zero-order chi connectivity index (χ0) is 17.0. The van der Waals surface area contributed by atoms with E-state index in [0.29, 0.717) is 24.6 Å². The molecule has 6 nitrogen and oxygen atoms in total. The van der Waals surface area contributed by atoms with E-state index in [2.05, 4.69) is 4.98 Å². The maximum absolute atomic E-state index is 13.0. The Balaban J connectivity index is 1.63. The normalized spacial score (nSPS) is 13.5. The lowest BCUT2D eigenvalue weighted by atomic mass is 10.1. The molecule has 0 radical (unpaired) electrons. The van der Waals surface area contributed by atoms with Crippen molar-refractivity contribution in [2.75, 3.05) is 11.4 Å². The summed E-state index contributed by atoms with van der Waals surface area (Å²) in [4.78, 5) is 31.3. The van der Waals surface area contributed by atoms with Gasteiger partial charge in [-0.3, -0.25) is 9.69 Å². The van der Waals surface area contributed by atoms with Gasteiger partial charge in [0, 0.05) is 18.5 Å². The number of nitrogens with zero attached hydrogens (tertiary/aromatic N) is 3. The molecule has 0 spiro atoms. The Morgan fingerprint density at radius 3 is 2.76 bits per heavy atom. The van der Waals surface area contributed by atoms with Crippen LogP contribution < -0.4 is 10.5 Å². The average molecular weight is 331 g/mol. The van der Waals surface area contributed by atoms with Gasteiger partial charge in [0.2, 0.25) is 5.95 Å². The molecule has 1 aliphatic rings. The summed E-state index contributed by atoms with van der Waals surface area (Å²) < 4.78 is 7.29. The first-order chi connectivity index (χ1) is 12.2. The molecule has 1 amide bonds. The standard InChI is InChI=1S/C19H13N3O3/c23-17(13-11-12-5-1-4-8-16(12)25-18(13)24)22-10-9-21-15-7-3-2-6-14(15)20-19(21)22/h1-8,11H,9-10H2. The Bertz CT molecular complexity index is 1210. The first kappa shape index (κ1) is 14.0. The van der Waals surface area contributed by atoms with Gasteiger partial charge in [-0.2, -0.15) is 0 Å². The number of aromatic nitrogens is 2. The lowest BCUT2D eigenvalue weighted by molar-refractivity contribution is 0.0985. The fourth-order valence-electron chi connectivity index (χ4n) is 3.34. The average Bonchev–Trinajstić information content (AvgIpc) is 3.19. The molecule has 4 aromatic rings. The lowest BCUT2D eigenvalue weighted by Gasteiger charge is -2.13. The summed E-state index contributed by atoms with van der Waals surface area (Å²) in [6.07, 6.45) is 0. The maximum atomic E-state index is 13.0. The number of anilines is 1. The van der Waals surface area contributed by atoms with Gasteiger partial charge < -0.3 is 8.98 Å². The number of imidazole rings is 1. The molecule has 0 aliphatic carbocycles. The molecule has 122 valence electrons. The lowest BCUT2D eigenvalue weighted by Crippen LogP contribution is -2.33. The van der Waals surface area contributed by atoms with Crippen LogP contribution >= 0.6 is 0 Å². The Labute approximate surface area is 141 Å². The van der Waals surface area contributed by atoms with Crippen molar-refractivity contribution in [2.45, 2.75) is 6.54 Å². The molecule has 0 atom stereocenters. The monoisotopic (exact) mass is 331 g/mol. The van der Waals surface area contributed by atoms with Crippen molar-refractivity contribution in [3.8, 4) is 0 Å². The first-order valence-electron chi connectivity index (χ1n) is 8.02. The van der Waals surface area contributed by atoms with E-state index >= 15 is 0 Å². The maximum Gasteiger partial charge on any atom is 0.349 e. The predicted octanol–water partition coefficient (Wildman–Crippen LogP) is 2.80. The van der Waals surface area contributed by atoms with Crippen LogP contribution in [0.4, 0.5) is 5.95 Å². The van der Waals surface area contributed by atoms with Gasteiger partial charge in [-0.25, -0.2) is 9.78 Å². The van der Waals surface area contributed by atoms with Crippen LogP contribution in [-0.2, 0) is 6.54 Å². The van der Waals surface area contributed by atoms with E-state index in [1.54, 1.807) is 23.1 Å². The molecule has 5 rings (SSSR count). The van der Waals surface area contributed by atoms with Crippen molar-refractivity contribution < 1.29 is 9.21 Å².